The zero-order valence-electron chi connectivity index (χ0n) is 12.7. The standard InChI is InChI=1S/C19H18Br2O2/c1-13(5-6-15-12-17(21)8-10-19(15)23)3-2-4-14-11-16(20)7-9-18(14)22/h2,4-13,22-23H,3H2,1H3. The highest BCUT2D eigenvalue weighted by atomic mass is 79.9. The van der Waals surface area contributed by atoms with Gasteiger partial charge in [-0.3, -0.25) is 0 Å². The Kier molecular flexibility index (Phi) is 6.48. The van der Waals surface area contributed by atoms with Gasteiger partial charge in [0.15, 0.2) is 0 Å². The molecule has 2 rings (SSSR count). The number of hydrogen-bond acceptors (Lipinski definition) is 2. The van der Waals surface area contributed by atoms with Gasteiger partial charge in [0.2, 0.25) is 0 Å². The molecule has 1 atom stereocenters. The third-order valence-corrected chi connectivity index (χ3v) is 4.38. The zero-order chi connectivity index (χ0) is 16.8. The first-order valence-corrected chi connectivity index (χ1v) is 8.86. The van der Waals surface area contributed by atoms with Crippen LogP contribution in [0.4, 0.5) is 0 Å². The lowest BCUT2D eigenvalue weighted by Gasteiger charge is -2.04. The monoisotopic (exact) mass is 436 g/mol. The van der Waals surface area contributed by atoms with Crippen LogP contribution in [-0.4, -0.2) is 10.2 Å². The van der Waals surface area contributed by atoms with Crippen LogP contribution in [0.2, 0.25) is 0 Å². The summed E-state index contributed by atoms with van der Waals surface area (Å²) < 4.78 is 1.88. The number of allylic oxidation sites excluding steroid dienone is 2. The number of phenols is 2. The van der Waals surface area contributed by atoms with Crippen molar-refractivity contribution in [2.45, 2.75) is 13.3 Å². The quantitative estimate of drug-likeness (QED) is 0.569. The molecule has 1 unspecified atom stereocenters. The third kappa shape index (κ3) is 5.56. The number of aromatic hydroxyl groups is 2. The van der Waals surface area contributed by atoms with E-state index in [9.17, 15) is 10.2 Å². The summed E-state index contributed by atoms with van der Waals surface area (Å²) in [5.74, 6) is 0.858. The first-order valence-electron chi connectivity index (χ1n) is 7.27. The van der Waals surface area contributed by atoms with Crippen molar-refractivity contribution in [3.05, 3.63) is 68.6 Å². The highest BCUT2D eigenvalue weighted by Crippen LogP contribution is 2.25. The Morgan fingerprint density at radius 1 is 0.913 bits per heavy atom. The van der Waals surface area contributed by atoms with Crippen molar-refractivity contribution in [1.29, 1.82) is 0 Å². The molecule has 0 fully saturated rings. The van der Waals surface area contributed by atoms with Gasteiger partial charge in [-0.05, 0) is 48.7 Å². The molecule has 2 aromatic rings. The van der Waals surface area contributed by atoms with E-state index in [1.54, 1.807) is 12.1 Å². The van der Waals surface area contributed by atoms with Crippen LogP contribution in [0.1, 0.15) is 24.5 Å². The van der Waals surface area contributed by atoms with Crippen molar-refractivity contribution >= 4 is 44.0 Å². The molecule has 0 saturated heterocycles. The lowest BCUT2D eigenvalue weighted by Crippen LogP contribution is -1.86. The molecule has 120 valence electrons. The van der Waals surface area contributed by atoms with Gasteiger partial charge in [-0.25, -0.2) is 0 Å². The molecule has 0 bridgehead atoms. The molecule has 2 N–H and O–H groups in total. The largest absolute Gasteiger partial charge is 0.507 e. The highest BCUT2D eigenvalue weighted by Gasteiger charge is 2.01. The predicted molar refractivity (Wildman–Crippen MR) is 103 cm³/mol. The van der Waals surface area contributed by atoms with Crippen LogP contribution in [0.5, 0.6) is 11.5 Å². The van der Waals surface area contributed by atoms with Gasteiger partial charge in [-0.1, -0.05) is 63.1 Å². The summed E-state index contributed by atoms with van der Waals surface area (Å²) >= 11 is 6.80. The Hall–Kier alpha value is -1.52. The van der Waals surface area contributed by atoms with E-state index in [0.29, 0.717) is 5.92 Å². The molecule has 0 aliphatic heterocycles. The lowest BCUT2D eigenvalue weighted by atomic mass is 10.0. The summed E-state index contributed by atoms with van der Waals surface area (Å²) in [5, 5.41) is 19.6. The number of phenolic OH excluding ortho intramolecular Hbond substituents is 2. The molecule has 0 amide bonds. The maximum atomic E-state index is 9.81. The van der Waals surface area contributed by atoms with E-state index in [2.05, 4.69) is 44.9 Å². The number of rotatable bonds is 5. The molecule has 4 heteroatoms. The normalized spacial score (nSPS) is 13.0. The summed E-state index contributed by atoms with van der Waals surface area (Å²) in [6.45, 7) is 2.11. The molecule has 2 nitrogen and oxygen atoms in total. The molecular weight excluding hydrogens is 420 g/mol. The van der Waals surface area contributed by atoms with E-state index in [-0.39, 0.29) is 11.5 Å². The van der Waals surface area contributed by atoms with Gasteiger partial charge in [-0.2, -0.15) is 0 Å². The van der Waals surface area contributed by atoms with Crippen LogP contribution in [-0.2, 0) is 0 Å². The molecule has 2 aromatic carbocycles. The highest BCUT2D eigenvalue weighted by molar-refractivity contribution is 9.10. The van der Waals surface area contributed by atoms with Gasteiger partial charge in [-0.15, -0.1) is 0 Å². The second kappa shape index (κ2) is 8.37. The Labute approximate surface area is 153 Å². The topological polar surface area (TPSA) is 40.5 Å². The SMILES string of the molecule is CC(C=Cc1cc(Br)ccc1O)CC=Cc1cc(Br)ccc1O. The summed E-state index contributed by atoms with van der Waals surface area (Å²) in [7, 11) is 0. The smallest absolute Gasteiger partial charge is 0.122 e. The second-order valence-electron chi connectivity index (χ2n) is 5.38. The van der Waals surface area contributed by atoms with E-state index in [0.717, 1.165) is 26.5 Å². The van der Waals surface area contributed by atoms with Crippen molar-refractivity contribution in [2.24, 2.45) is 5.92 Å². The van der Waals surface area contributed by atoms with E-state index >= 15 is 0 Å². The minimum atomic E-state index is 0.270. The van der Waals surface area contributed by atoms with Crippen molar-refractivity contribution in [1.82, 2.24) is 0 Å². The van der Waals surface area contributed by atoms with Crippen molar-refractivity contribution in [3.63, 3.8) is 0 Å². The molecule has 23 heavy (non-hydrogen) atoms. The molecule has 0 aliphatic rings. The second-order valence-corrected chi connectivity index (χ2v) is 7.21. The van der Waals surface area contributed by atoms with Crippen molar-refractivity contribution < 1.29 is 10.2 Å². The molecule has 0 radical (unpaired) electrons. The first-order chi connectivity index (χ1) is 11.0. The van der Waals surface area contributed by atoms with Gasteiger partial charge in [0, 0.05) is 20.1 Å². The zero-order valence-corrected chi connectivity index (χ0v) is 15.9. The average Bonchev–Trinajstić information content (AvgIpc) is 2.51. The number of benzene rings is 2. The average molecular weight is 438 g/mol. The van der Waals surface area contributed by atoms with Gasteiger partial charge in [0.05, 0.1) is 0 Å². The molecule has 0 aromatic heterocycles. The minimum absolute atomic E-state index is 0.270. The summed E-state index contributed by atoms with van der Waals surface area (Å²) in [5.41, 5.74) is 1.58. The van der Waals surface area contributed by atoms with E-state index in [4.69, 9.17) is 0 Å². The van der Waals surface area contributed by atoms with Crippen LogP contribution in [0.15, 0.2) is 57.5 Å². The summed E-state index contributed by atoms with van der Waals surface area (Å²) in [4.78, 5) is 0. The Morgan fingerprint density at radius 3 is 2.00 bits per heavy atom. The van der Waals surface area contributed by atoms with Gasteiger partial charge < -0.3 is 10.2 Å². The fourth-order valence-corrected chi connectivity index (χ4v) is 2.83. The minimum Gasteiger partial charge on any atom is -0.507 e. The van der Waals surface area contributed by atoms with Crippen LogP contribution < -0.4 is 0 Å². The Balaban J connectivity index is 1.98. The van der Waals surface area contributed by atoms with Crippen LogP contribution in [0.25, 0.3) is 12.2 Å². The van der Waals surface area contributed by atoms with Crippen molar-refractivity contribution in [3.8, 4) is 11.5 Å². The van der Waals surface area contributed by atoms with E-state index in [1.165, 1.54) is 0 Å². The van der Waals surface area contributed by atoms with Gasteiger partial charge in [0.25, 0.3) is 0 Å². The molecule has 0 aliphatic carbocycles. The predicted octanol–water partition coefficient (Wildman–Crippen LogP) is 6.38. The first kappa shape index (κ1) is 17.8. The maximum Gasteiger partial charge on any atom is 0.122 e. The lowest BCUT2D eigenvalue weighted by molar-refractivity contribution is 0.473. The Morgan fingerprint density at radius 2 is 1.43 bits per heavy atom. The molecular formula is C19H18Br2O2. The third-order valence-electron chi connectivity index (χ3n) is 3.39. The summed E-state index contributed by atoms with van der Waals surface area (Å²) in [6.07, 6.45) is 8.79. The van der Waals surface area contributed by atoms with Crippen LogP contribution >= 0.6 is 31.9 Å². The van der Waals surface area contributed by atoms with E-state index < -0.39 is 0 Å². The molecule has 0 heterocycles. The van der Waals surface area contributed by atoms with Crippen LogP contribution in [0, 0.1) is 5.92 Å². The molecule has 0 spiro atoms. The number of hydrogen-bond donors (Lipinski definition) is 2. The maximum absolute atomic E-state index is 9.81. The molecule has 0 saturated carbocycles. The van der Waals surface area contributed by atoms with Crippen LogP contribution in [0.3, 0.4) is 0 Å². The fraction of sp³-hybridized carbons (Fsp3) is 0.158. The van der Waals surface area contributed by atoms with E-state index in [1.807, 2.05) is 42.5 Å². The van der Waals surface area contributed by atoms with Gasteiger partial charge >= 0.3 is 0 Å². The van der Waals surface area contributed by atoms with Gasteiger partial charge in [0.1, 0.15) is 11.5 Å². The Bertz CT molecular complexity index is 736. The summed E-state index contributed by atoms with van der Waals surface area (Å²) in [6, 6.07) is 10.7. The number of halogens is 2. The van der Waals surface area contributed by atoms with Crippen molar-refractivity contribution in [2.75, 3.05) is 0 Å². The fourth-order valence-electron chi connectivity index (χ4n) is 2.07.